The van der Waals surface area contributed by atoms with E-state index in [4.69, 9.17) is 4.42 Å². The maximum absolute atomic E-state index is 6.13. The Morgan fingerprint density at radius 3 is 1.98 bits per heavy atom. The minimum Gasteiger partial charge on any atom is -0.455 e. The minimum absolute atomic E-state index is 0.468. The molecule has 0 spiro atoms. The predicted octanol–water partition coefficient (Wildman–Crippen LogP) is 22.1. The molecular formula is C80H90N2O. The van der Waals surface area contributed by atoms with E-state index in [-0.39, 0.29) is 0 Å². The number of benzene rings is 7. The van der Waals surface area contributed by atoms with Crippen molar-refractivity contribution in [3.05, 3.63) is 261 Å². The number of hydrogen-bond acceptors (Lipinski definition) is 2. The van der Waals surface area contributed by atoms with E-state index in [1.54, 1.807) is 0 Å². The Bertz CT molecular complexity index is 4090. The van der Waals surface area contributed by atoms with E-state index in [1.807, 2.05) is 86.6 Å². The summed E-state index contributed by atoms with van der Waals surface area (Å²) in [6.45, 7) is 34.0. The van der Waals surface area contributed by atoms with E-state index >= 15 is 0 Å². The Balaban J connectivity index is 0.000000190. The van der Waals surface area contributed by atoms with Crippen molar-refractivity contribution in [2.75, 3.05) is 7.05 Å². The second kappa shape index (κ2) is 31.0. The van der Waals surface area contributed by atoms with Crippen LogP contribution in [0.25, 0.3) is 95.8 Å². The lowest BCUT2D eigenvalue weighted by atomic mass is 9.92. The zero-order valence-corrected chi connectivity index (χ0v) is 52.9. The van der Waals surface area contributed by atoms with Crippen LogP contribution in [0.3, 0.4) is 0 Å². The minimum atomic E-state index is 0.468. The first kappa shape index (κ1) is 63.6. The summed E-state index contributed by atoms with van der Waals surface area (Å²) in [6.07, 6.45) is 30.2. The lowest BCUT2D eigenvalue weighted by Gasteiger charge is -2.22. The second-order valence-electron chi connectivity index (χ2n) is 20.0. The molecule has 3 aliphatic rings. The summed E-state index contributed by atoms with van der Waals surface area (Å²) in [5.41, 5.74) is 25.9. The molecule has 9 aromatic rings. The molecule has 0 fully saturated rings. The molecule has 7 aromatic carbocycles. The Kier molecular flexibility index (Phi) is 23.7. The highest BCUT2D eigenvalue weighted by molar-refractivity contribution is 6.17. The van der Waals surface area contributed by atoms with Gasteiger partial charge in [-0.25, -0.2) is 0 Å². The maximum atomic E-state index is 6.13. The van der Waals surface area contributed by atoms with E-state index < -0.39 is 0 Å². The summed E-state index contributed by atoms with van der Waals surface area (Å²) in [6, 6.07) is 47.9. The fourth-order valence-corrected chi connectivity index (χ4v) is 10.6. The standard InChI is InChI=1S/C27H19NO.C24H18.C21H29N.4C2H6/c1-2-3-14-28-24-10-6-4-8-20(24)23-15-19-17-27-22(13-12-18(19)16-25(23)28)21-9-5-7-11-26(21)29-27;1-16-7-2-3-8-17(16)15-18-13-14-23-21-10-5-4-9-20(21)22-12-6-11-19(18)24(22)23;1-8-9-10-11-17(3)20(6)22(7)19(5)15-21-13-12-16(2)14-18(21)4;4*1-2/h2-12,15-17H,14H2,1H3;2-16H,1H3;8-15H,1-7H3;4*1-2H3/b3-2-;17-15+;9-8-,11-10-,19-15+,20-17+;;;;. The zero-order chi connectivity index (χ0) is 60.2. The topological polar surface area (TPSA) is 21.3 Å². The molecule has 2 aromatic heterocycles. The molecule has 1 atom stereocenters. The van der Waals surface area contributed by atoms with Gasteiger partial charge in [0.25, 0.3) is 0 Å². The van der Waals surface area contributed by atoms with Crippen molar-refractivity contribution in [1.82, 2.24) is 9.47 Å². The fraction of sp³-hybridized carbons (Fsp3) is 0.237. The van der Waals surface area contributed by atoms with Crippen molar-refractivity contribution in [1.29, 1.82) is 0 Å². The third kappa shape index (κ3) is 14.4. The van der Waals surface area contributed by atoms with Crippen LogP contribution in [0.1, 0.15) is 130 Å². The van der Waals surface area contributed by atoms with Crippen molar-refractivity contribution in [3.8, 4) is 22.3 Å². The number of rotatable bonds is 8. The zero-order valence-electron chi connectivity index (χ0n) is 52.9. The number of fused-ring (bicyclic) bond motifs is 10. The van der Waals surface area contributed by atoms with Gasteiger partial charge >= 0.3 is 0 Å². The first-order valence-corrected chi connectivity index (χ1v) is 30.3. The molecular weight excluding hydrogens is 1000 g/mol. The Morgan fingerprint density at radius 1 is 0.627 bits per heavy atom. The molecule has 0 N–H and O–H groups in total. The molecule has 0 saturated heterocycles. The lowest BCUT2D eigenvalue weighted by Crippen LogP contribution is -2.18. The van der Waals surface area contributed by atoms with Gasteiger partial charge in [-0.1, -0.05) is 238 Å². The Hall–Kier alpha value is -8.62. The van der Waals surface area contributed by atoms with Crippen LogP contribution in [-0.4, -0.2) is 16.5 Å². The van der Waals surface area contributed by atoms with Gasteiger partial charge in [0.2, 0.25) is 0 Å². The summed E-state index contributed by atoms with van der Waals surface area (Å²) in [4.78, 5) is 2.24. The van der Waals surface area contributed by atoms with Crippen molar-refractivity contribution >= 4 is 73.6 Å². The molecule has 0 amide bonds. The molecule has 2 heterocycles. The highest BCUT2D eigenvalue weighted by Crippen LogP contribution is 2.48. The third-order valence-electron chi connectivity index (χ3n) is 15.1. The maximum Gasteiger partial charge on any atom is 0.143 e. The largest absolute Gasteiger partial charge is 0.455 e. The van der Waals surface area contributed by atoms with Crippen molar-refractivity contribution in [2.24, 2.45) is 5.92 Å². The van der Waals surface area contributed by atoms with Gasteiger partial charge < -0.3 is 13.9 Å². The Morgan fingerprint density at radius 2 is 1.28 bits per heavy atom. The number of allylic oxidation sites excluding steroid dienone is 14. The van der Waals surface area contributed by atoms with Crippen LogP contribution in [0.2, 0.25) is 0 Å². The fourth-order valence-electron chi connectivity index (χ4n) is 10.6. The van der Waals surface area contributed by atoms with Crippen molar-refractivity contribution in [2.45, 2.75) is 117 Å². The first-order valence-electron chi connectivity index (χ1n) is 30.3. The number of aromatic nitrogens is 1. The molecule has 3 nitrogen and oxygen atoms in total. The van der Waals surface area contributed by atoms with Gasteiger partial charge in [0.15, 0.2) is 0 Å². The number of nitrogens with zero attached hydrogens (tertiary/aromatic N) is 2. The van der Waals surface area contributed by atoms with Crippen LogP contribution < -0.4 is 10.6 Å². The molecule has 0 radical (unpaired) electrons. The summed E-state index contributed by atoms with van der Waals surface area (Å²) in [5.74, 6) is 0.468. The average molecular weight is 1100 g/mol. The predicted molar refractivity (Wildman–Crippen MR) is 370 cm³/mol. The van der Waals surface area contributed by atoms with Gasteiger partial charge in [-0.3, -0.25) is 0 Å². The van der Waals surface area contributed by atoms with Gasteiger partial charge in [0, 0.05) is 46.7 Å². The second-order valence-corrected chi connectivity index (χ2v) is 20.0. The van der Waals surface area contributed by atoms with Gasteiger partial charge in [0.1, 0.15) is 11.0 Å². The molecule has 12 rings (SSSR count). The number of furan rings is 1. The van der Waals surface area contributed by atoms with Crippen LogP contribution in [0, 0.1) is 19.8 Å². The quantitative estimate of drug-likeness (QED) is 0.112. The number of para-hydroxylation sites is 2. The number of hydrogen-bond donors (Lipinski definition) is 0. The molecule has 83 heavy (non-hydrogen) atoms. The van der Waals surface area contributed by atoms with Crippen LogP contribution in [-0.2, 0) is 6.54 Å². The summed E-state index contributed by atoms with van der Waals surface area (Å²) >= 11 is 0. The summed E-state index contributed by atoms with van der Waals surface area (Å²) in [7, 11) is 2.12. The third-order valence-corrected chi connectivity index (χ3v) is 15.1. The van der Waals surface area contributed by atoms with Gasteiger partial charge in [-0.05, 0) is 175 Å². The summed E-state index contributed by atoms with van der Waals surface area (Å²) in [5, 5.41) is 7.44. The van der Waals surface area contributed by atoms with Crippen LogP contribution in [0.4, 0.5) is 0 Å². The van der Waals surface area contributed by atoms with Gasteiger partial charge in [0.05, 0.1) is 10.7 Å². The first-order chi connectivity index (χ1) is 40.5. The number of aryl methyl sites for hydroxylation is 2. The van der Waals surface area contributed by atoms with E-state index in [1.165, 1.54) is 99.6 Å². The van der Waals surface area contributed by atoms with E-state index in [0.29, 0.717) is 5.92 Å². The summed E-state index contributed by atoms with van der Waals surface area (Å²) < 4.78 is 8.52. The van der Waals surface area contributed by atoms with E-state index in [9.17, 15) is 0 Å². The molecule has 0 aliphatic heterocycles. The molecule has 0 saturated carbocycles. The highest BCUT2D eigenvalue weighted by Gasteiger charge is 2.22. The van der Waals surface area contributed by atoms with Crippen LogP contribution in [0.5, 0.6) is 0 Å². The SMILES string of the molecule is C/C=C\Cn1c2ccccc2c2cc3c(cc21)C=C=c1c(oc2ccccc12)=C3.CC.CC.CC.CC.CC1C=CC=C/C1=C\c1ccc2c3c(cccc13)-c1ccccc1-2.C\C=C/C=C\C(C)=C(/C)N(C)/C(C)=C/c1ccc(C)cc1C. The highest BCUT2D eigenvalue weighted by atomic mass is 16.3. The Labute approximate surface area is 498 Å². The van der Waals surface area contributed by atoms with Crippen LogP contribution in [0.15, 0.2) is 221 Å². The average Bonchev–Trinajstić information content (AvgIpc) is 4.35. The molecule has 0 bridgehead atoms. The molecule has 1 unspecified atom stereocenters. The lowest BCUT2D eigenvalue weighted by molar-refractivity contribution is 0.521. The monoisotopic (exact) mass is 1090 g/mol. The molecule has 3 aliphatic carbocycles. The van der Waals surface area contributed by atoms with E-state index in [2.05, 4.69) is 265 Å². The molecule has 3 heteroatoms. The molecule has 426 valence electrons. The van der Waals surface area contributed by atoms with Crippen LogP contribution >= 0.6 is 0 Å². The van der Waals surface area contributed by atoms with E-state index in [0.717, 1.165) is 39.3 Å². The van der Waals surface area contributed by atoms with Crippen molar-refractivity contribution in [3.63, 3.8) is 0 Å². The van der Waals surface area contributed by atoms with Crippen molar-refractivity contribution < 1.29 is 4.42 Å². The smallest absolute Gasteiger partial charge is 0.143 e. The van der Waals surface area contributed by atoms with Gasteiger partial charge in [-0.15, -0.1) is 5.73 Å². The normalized spacial score (nSPS) is 14.0. The van der Waals surface area contributed by atoms with Gasteiger partial charge in [-0.2, -0.15) is 0 Å².